The van der Waals surface area contributed by atoms with Crippen LogP contribution < -0.4 is 0 Å². The minimum Gasteiger partial charge on any atom is -0.481 e. The van der Waals surface area contributed by atoms with Gasteiger partial charge in [-0.2, -0.15) is 0 Å². The fourth-order valence-corrected chi connectivity index (χ4v) is 1.83. The van der Waals surface area contributed by atoms with Crippen molar-refractivity contribution >= 4 is 5.97 Å². The molecule has 0 aliphatic carbocycles. The third-order valence-electron chi connectivity index (χ3n) is 2.84. The van der Waals surface area contributed by atoms with Crippen LogP contribution in [0.25, 0.3) is 0 Å². The molecule has 0 spiro atoms. The van der Waals surface area contributed by atoms with Gasteiger partial charge in [-0.25, -0.2) is 0 Å². The zero-order valence-corrected chi connectivity index (χ0v) is 8.30. The maximum absolute atomic E-state index is 11.3. The Morgan fingerprint density at radius 2 is 2.27 bits per heavy atom. The molecule has 0 aromatic carbocycles. The molecule has 1 aliphatic heterocycles. The van der Waals surface area contributed by atoms with Gasteiger partial charge >= 0.3 is 5.97 Å². The number of aromatic nitrogens is 3. The molecule has 0 amide bonds. The first-order chi connectivity index (χ1) is 7.23. The summed E-state index contributed by atoms with van der Waals surface area (Å²) >= 11 is 0. The molecule has 1 aliphatic rings. The highest BCUT2D eigenvalue weighted by Gasteiger charge is 2.40. The minimum absolute atomic E-state index is 0.367. The Morgan fingerprint density at radius 3 is 2.80 bits per heavy atom. The van der Waals surface area contributed by atoms with Crippen molar-refractivity contribution in [2.24, 2.45) is 5.41 Å². The van der Waals surface area contributed by atoms with Crippen molar-refractivity contribution in [2.75, 3.05) is 13.2 Å². The summed E-state index contributed by atoms with van der Waals surface area (Å²) < 4.78 is 6.75. The quantitative estimate of drug-likeness (QED) is 0.770. The maximum atomic E-state index is 11.3. The number of hydrogen-bond acceptors (Lipinski definition) is 4. The SMILES string of the molecule is O=C(O)C1(Cn2ccnn2)CCOCC1. The van der Waals surface area contributed by atoms with E-state index in [2.05, 4.69) is 10.3 Å². The second kappa shape index (κ2) is 3.98. The predicted octanol–water partition coefficient (Wildman–Crippen LogP) is 0.159. The van der Waals surface area contributed by atoms with Crippen LogP contribution in [0, 0.1) is 5.41 Å². The average molecular weight is 211 g/mol. The molecule has 1 aromatic heterocycles. The lowest BCUT2D eigenvalue weighted by Gasteiger charge is -2.32. The fraction of sp³-hybridized carbons (Fsp3) is 0.667. The Kier molecular flexibility index (Phi) is 2.68. The summed E-state index contributed by atoms with van der Waals surface area (Å²) in [5, 5.41) is 16.7. The van der Waals surface area contributed by atoms with Gasteiger partial charge < -0.3 is 9.84 Å². The number of carboxylic acids is 1. The largest absolute Gasteiger partial charge is 0.481 e. The minimum atomic E-state index is -0.777. The smallest absolute Gasteiger partial charge is 0.311 e. The molecule has 82 valence electrons. The van der Waals surface area contributed by atoms with Gasteiger partial charge in [-0.1, -0.05) is 5.21 Å². The Hall–Kier alpha value is -1.43. The summed E-state index contributed by atoms with van der Waals surface area (Å²) in [5.41, 5.74) is -0.744. The van der Waals surface area contributed by atoms with Crippen molar-refractivity contribution in [3.63, 3.8) is 0 Å². The molecule has 0 bridgehead atoms. The number of rotatable bonds is 3. The van der Waals surface area contributed by atoms with Gasteiger partial charge in [-0.05, 0) is 12.8 Å². The third kappa shape index (κ3) is 1.99. The van der Waals surface area contributed by atoms with E-state index in [0.717, 1.165) is 0 Å². The average Bonchev–Trinajstić information content (AvgIpc) is 2.71. The van der Waals surface area contributed by atoms with Gasteiger partial charge in [0.25, 0.3) is 0 Å². The van der Waals surface area contributed by atoms with Gasteiger partial charge in [-0.3, -0.25) is 9.48 Å². The highest BCUT2D eigenvalue weighted by Crippen LogP contribution is 2.32. The van der Waals surface area contributed by atoms with Gasteiger partial charge in [0.05, 0.1) is 18.2 Å². The first kappa shape index (κ1) is 10.1. The Labute approximate surface area is 86.8 Å². The monoisotopic (exact) mass is 211 g/mol. The van der Waals surface area contributed by atoms with Crippen LogP contribution in [0.15, 0.2) is 12.4 Å². The second-order valence-corrected chi connectivity index (χ2v) is 3.80. The van der Waals surface area contributed by atoms with Crippen LogP contribution in [0.4, 0.5) is 0 Å². The second-order valence-electron chi connectivity index (χ2n) is 3.80. The van der Waals surface area contributed by atoms with Crippen molar-refractivity contribution in [3.8, 4) is 0 Å². The van der Waals surface area contributed by atoms with Crippen LogP contribution in [0.3, 0.4) is 0 Å². The predicted molar refractivity (Wildman–Crippen MR) is 50.1 cm³/mol. The Morgan fingerprint density at radius 1 is 1.53 bits per heavy atom. The van der Waals surface area contributed by atoms with E-state index in [-0.39, 0.29) is 0 Å². The van der Waals surface area contributed by atoms with Gasteiger partial charge in [0.15, 0.2) is 0 Å². The van der Waals surface area contributed by atoms with Crippen LogP contribution in [-0.2, 0) is 16.1 Å². The normalized spacial score (nSPS) is 20.0. The number of nitrogens with zero attached hydrogens (tertiary/aromatic N) is 3. The number of hydrogen-bond donors (Lipinski definition) is 1. The molecule has 0 atom stereocenters. The highest BCUT2D eigenvalue weighted by atomic mass is 16.5. The number of aliphatic carboxylic acids is 1. The van der Waals surface area contributed by atoms with Gasteiger partial charge in [0.1, 0.15) is 0 Å². The lowest BCUT2D eigenvalue weighted by Crippen LogP contribution is -2.40. The number of carboxylic acid groups (broad SMARTS) is 1. The molecule has 2 heterocycles. The van der Waals surface area contributed by atoms with E-state index >= 15 is 0 Å². The molecule has 15 heavy (non-hydrogen) atoms. The lowest BCUT2D eigenvalue weighted by atomic mass is 9.80. The first-order valence-corrected chi connectivity index (χ1v) is 4.88. The topological polar surface area (TPSA) is 77.2 Å². The molecule has 6 nitrogen and oxygen atoms in total. The van der Waals surface area contributed by atoms with Crippen LogP contribution in [0.5, 0.6) is 0 Å². The van der Waals surface area contributed by atoms with E-state index < -0.39 is 11.4 Å². The van der Waals surface area contributed by atoms with E-state index in [9.17, 15) is 9.90 Å². The van der Waals surface area contributed by atoms with E-state index in [0.29, 0.717) is 32.6 Å². The van der Waals surface area contributed by atoms with Crippen molar-refractivity contribution in [2.45, 2.75) is 19.4 Å². The molecule has 1 saturated heterocycles. The van der Waals surface area contributed by atoms with Crippen molar-refractivity contribution in [1.29, 1.82) is 0 Å². The Bertz CT molecular complexity index is 330. The summed E-state index contributed by atoms with van der Waals surface area (Å²) in [6.07, 6.45) is 4.29. The molecular formula is C9H13N3O3. The van der Waals surface area contributed by atoms with Crippen molar-refractivity contribution in [3.05, 3.63) is 12.4 Å². The summed E-state index contributed by atoms with van der Waals surface area (Å²) in [6.45, 7) is 1.37. The molecular weight excluding hydrogens is 198 g/mol. The number of ether oxygens (including phenoxy) is 1. The first-order valence-electron chi connectivity index (χ1n) is 4.88. The zero-order chi connectivity index (χ0) is 10.7. The van der Waals surface area contributed by atoms with E-state index in [1.54, 1.807) is 17.1 Å². The Balaban J connectivity index is 2.15. The maximum Gasteiger partial charge on any atom is 0.311 e. The highest BCUT2D eigenvalue weighted by molar-refractivity contribution is 5.74. The molecule has 6 heteroatoms. The summed E-state index contributed by atoms with van der Waals surface area (Å²) in [5.74, 6) is -0.777. The summed E-state index contributed by atoms with van der Waals surface area (Å²) in [7, 11) is 0. The fourth-order valence-electron chi connectivity index (χ4n) is 1.83. The van der Waals surface area contributed by atoms with Crippen molar-refractivity contribution in [1.82, 2.24) is 15.0 Å². The molecule has 1 aromatic rings. The van der Waals surface area contributed by atoms with Gasteiger partial charge in [-0.15, -0.1) is 5.10 Å². The van der Waals surface area contributed by atoms with Crippen LogP contribution in [-0.4, -0.2) is 39.3 Å². The molecule has 0 saturated carbocycles. The molecule has 2 rings (SSSR count). The zero-order valence-electron chi connectivity index (χ0n) is 8.30. The standard InChI is InChI=1S/C9H13N3O3/c13-8(14)9(1-5-15-6-2-9)7-12-4-3-10-11-12/h3-4H,1-2,5-7H2,(H,13,14). The van der Waals surface area contributed by atoms with E-state index in [1.165, 1.54) is 0 Å². The lowest BCUT2D eigenvalue weighted by molar-refractivity contribution is -0.156. The van der Waals surface area contributed by atoms with E-state index in [1.807, 2.05) is 0 Å². The molecule has 1 N–H and O–H groups in total. The van der Waals surface area contributed by atoms with Gasteiger partial charge in [0.2, 0.25) is 0 Å². The van der Waals surface area contributed by atoms with Crippen LogP contribution in [0.1, 0.15) is 12.8 Å². The van der Waals surface area contributed by atoms with E-state index in [4.69, 9.17) is 4.74 Å². The summed E-state index contributed by atoms with van der Waals surface area (Å²) in [6, 6.07) is 0. The summed E-state index contributed by atoms with van der Waals surface area (Å²) in [4.78, 5) is 11.3. The van der Waals surface area contributed by atoms with Gasteiger partial charge in [0, 0.05) is 19.4 Å². The third-order valence-corrected chi connectivity index (χ3v) is 2.84. The molecule has 0 radical (unpaired) electrons. The van der Waals surface area contributed by atoms with Crippen molar-refractivity contribution < 1.29 is 14.6 Å². The molecule has 0 unspecified atom stereocenters. The number of carbonyl (C=O) groups is 1. The van der Waals surface area contributed by atoms with Crippen LogP contribution in [0.2, 0.25) is 0 Å². The van der Waals surface area contributed by atoms with Crippen LogP contribution >= 0.6 is 0 Å². The molecule has 1 fully saturated rings.